The van der Waals surface area contributed by atoms with Crippen molar-refractivity contribution in [2.45, 2.75) is 46.5 Å². The van der Waals surface area contributed by atoms with E-state index in [1.54, 1.807) is 11.8 Å². The molecule has 1 aromatic rings. The minimum Gasteiger partial charge on any atom is -0.481 e. The van der Waals surface area contributed by atoms with Crippen molar-refractivity contribution in [3.05, 3.63) is 35.9 Å². The van der Waals surface area contributed by atoms with Gasteiger partial charge in [0.2, 0.25) is 5.91 Å². The fourth-order valence-electron chi connectivity index (χ4n) is 3.22. The molecular formula is C19H27NO3. The molecule has 0 bridgehead atoms. The highest BCUT2D eigenvalue weighted by Crippen LogP contribution is 2.34. The number of carboxylic acids is 1. The molecule has 0 spiro atoms. The number of hydrogen-bond donors (Lipinski definition) is 1. The smallest absolute Gasteiger partial charge is 0.311 e. The number of carbonyl (C=O) groups excluding carboxylic acids is 1. The van der Waals surface area contributed by atoms with Gasteiger partial charge in [0.05, 0.1) is 5.41 Å². The van der Waals surface area contributed by atoms with Crippen molar-refractivity contribution >= 4 is 11.9 Å². The Hall–Kier alpha value is -1.84. The Morgan fingerprint density at radius 2 is 1.91 bits per heavy atom. The molecule has 0 aromatic heterocycles. The molecule has 4 nitrogen and oxygen atoms in total. The molecule has 0 saturated carbocycles. The standard InChI is InChI=1S/C19H27NO3/c1-18(2,11-7-10-15-8-5-4-6-9-15)16(21)20-13-12-19(3,14-20)17(22)23/h4-6,8-9H,7,10-14H2,1-3H3,(H,22,23). The lowest BCUT2D eigenvalue weighted by atomic mass is 9.84. The average molecular weight is 317 g/mol. The Labute approximate surface area is 138 Å². The molecule has 1 saturated heterocycles. The lowest BCUT2D eigenvalue weighted by Gasteiger charge is -2.30. The van der Waals surface area contributed by atoms with Gasteiger partial charge < -0.3 is 10.0 Å². The van der Waals surface area contributed by atoms with Gasteiger partial charge in [-0.2, -0.15) is 0 Å². The molecule has 0 aliphatic carbocycles. The van der Waals surface area contributed by atoms with Gasteiger partial charge in [0, 0.05) is 18.5 Å². The van der Waals surface area contributed by atoms with Crippen LogP contribution in [0.2, 0.25) is 0 Å². The minimum atomic E-state index is -0.810. The monoisotopic (exact) mass is 317 g/mol. The van der Waals surface area contributed by atoms with Crippen LogP contribution in [0.15, 0.2) is 30.3 Å². The van der Waals surface area contributed by atoms with E-state index in [9.17, 15) is 14.7 Å². The lowest BCUT2D eigenvalue weighted by Crippen LogP contribution is -2.41. The van der Waals surface area contributed by atoms with E-state index in [1.165, 1.54) is 5.56 Å². The maximum atomic E-state index is 12.8. The highest BCUT2D eigenvalue weighted by atomic mass is 16.4. The number of aliphatic carboxylic acids is 1. The normalized spacial score (nSPS) is 21.4. The average Bonchev–Trinajstić information content (AvgIpc) is 2.91. The van der Waals surface area contributed by atoms with Crippen LogP contribution in [0.1, 0.15) is 45.6 Å². The summed E-state index contributed by atoms with van der Waals surface area (Å²) in [5.41, 5.74) is 0.0456. The van der Waals surface area contributed by atoms with Crippen LogP contribution >= 0.6 is 0 Å². The van der Waals surface area contributed by atoms with Gasteiger partial charge in [-0.1, -0.05) is 44.2 Å². The van der Waals surface area contributed by atoms with Crippen LogP contribution < -0.4 is 0 Å². The number of aryl methyl sites for hydroxylation is 1. The summed E-state index contributed by atoms with van der Waals surface area (Å²) < 4.78 is 0. The van der Waals surface area contributed by atoms with Crippen molar-refractivity contribution in [1.29, 1.82) is 0 Å². The van der Waals surface area contributed by atoms with E-state index in [-0.39, 0.29) is 5.91 Å². The molecule has 1 aromatic carbocycles. The molecule has 4 heteroatoms. The SMILES string of the molecule is CC(C)(CCCc1ccccc1)C(=O)N1CCC(C)(C(=O)O)C1. The summed E-state index contributed by atoms with van der Waals surface area (Å²) >= 11 is 0. The van der Waals surface area contributed by atoms with Crippen molar-refractivity contribution in [3.8, 4) is 0 Å². The predicted molar refractivity (Wildman–Crippen MR) is 90.1 cm³/mol. The number of likely N-dealkylation sites (tertiary alicyclic amines) is 1. The molecule has 0 radical (unpaired) electrons. The van der Waals surface area contributed by atoms with Gasteiger partial charge in [0.25, 0.3) is 0 Å². The fraction of sp³-hybridized carbons (Fsp3) is 0.579. The summed E-state index contributed by atoms with van der Waals surface area (Å²) in [7, 11) is 0. The van der Waals surface area contributed by atoms with Crippen LogP contribution in [0.3, 0.4) is 0 Å². The van der Waals surface area contributed by atoms with Crippen molar-refractivity contribution in [2.75, 3.05) is 13.1 Å². The first-order chi connectivity index (χ1) is 10.7. The number of hydrogen-bond acceptors (Lipinski definition) is 2. The zero-order valence-corrected chi connectivity index (χ0v) is 14.3. The lowest BCUT2D eigenvalue weighted by molar-refractivity contribution is -0.148. The third kappa shape index (κ3) is 4.12. The van der Waals surface area contributed by atoms with Crippen molar-refractivity contribution in [3.63, 3.8) is 0 Å². The zero-order valence-electron chi connectivity index (χ0n) is 14.3. The summed E-state index contributed by atoms with van der Waals surface area (Å²) in [6.45, 7) is 6.53. The highest BCUT2D eigenvalue weighted by Gasteiger charge is 2.44. The molecule has 1 aliphatic heterocycles. The van der Waals surface area contributed by atoms with E-state index in [1.807, 2.05) is 32.0 Å². The summed E-state index contributed by atoms with van der Waals surface area (Å²) in [4.78, 5) is 25.8. The maximum Gasteiger partial charge on any atom is 0.311 e. The minimum absolute atomic E-state index is 0.0792. The Morgan fingerprint density at radius 1 is 1.26 bits per heavy atom. The van der Waals surface area contributed by atoms with Crippen LogP contribution in [0, 0.1) is 10.8 Å². The second-order valence-corrected chi connectivity index (χ2v) is 7.57. The number of amides is 1. The molecule has 1 fully saturated rings. The molecule has 1 N–H and O–H groups in total. The Morgan fingerprint density at radius 3 is 2.48 bits per heavy atom. The summed E-state index contributed by atoms with van der Waals surface area (Å²) in [6.07, 6.45) is 3.26. The number of carbonyl (C=O) groups is 2. The number of benzene rings is 1. The number of rotatable bonds is 6. The third-order valence-electron chi connectivity index (χ3n) is 4.97. The Kier molecular flexibility index (Phi) is 5.12. The first-order valence-electron chi connectivity index (χ1n) is 8.31. The van der Waals surface area contributed by atoms with Crippen LogP contribution in [0.4, 0.5) is 0 Å². The molecule has 1 atom stereocenters. The molecule has 1 unspecified atom stereocenters. The fourth-order valence-corrected chi connectivity index (χ4v) is 3.22. The zero-order chi connectivity index (χ0) is 17.1. The van der Waals surface area contributed by atoms with Gasteiger partial charge in [-0.15, -0.1) is 0 Å². The van der Waals surface area contributed by atoms with E-state index >= 15 is 0 Å². The summed E-state index contributed by atoms with van der Waals surface area (Å²) in [5, 5.41) is 9.30. The van der Waals surface area contributed by atoms with Gasteiger partial charge >= 0.3 is 5.97 Å². The quantitative estimate of drug-likeness (QED) is 0.875. The van der Waals surface area contributed by atoms with Gasteiger partial charge in [0.15, 0.2) is 0 Å². The second kappa shape index (κ2) is 6.73. The topological polar surface area (TPSA) is 57.6 Å². The molecule has 126 valence electrons. The second-order valence-electron chi connectivity index (χ2n) is 7.57. The van der Waals surface area contributed by atoms with Gasteiger partial charge in [0.1, 0.15) is 0 Å². The predicted octanol–water partition coefficient (Wildman–Crippen LogP) is 3.36. The Bertz CT molecular complexity index is 567. The van der Waals surface area contributed by atoms with Gasteiger partial charge in [-0.25, -0.2) is 0 Å². The summed E-state index contributed by atoms with van der Waals surface area (Å²) in [5.74, 6) is -0.731. The van der Waals surface area contributed by atoms with E-state index < -0.39 is 16.8 Å². The molecule has 1 amide bonds. The maximum absolute atomic E-state index is 12.8. The van der Waals surface area contributed by atoms with E-state index in [0.29, 0.717) is 19.5 Å². The summed E-state index contributed by atoms with van der Waals surface area (Å²) in [6, 6.07) is 10.3. The molecule has 2 rings (SSSR count). The van der Waals surface area contributed by atoms with Crippen molar-refractivity contribution < 1.29 is 14.7 Å². The van der Waals surface area contributed by atoms with Crippen LogP contribution in [-0.2, 0) is 16.0 Å². The van der Waals surface area contributed by atoms with Crippen molar-refractivity contribution in [1.82, 2.24) is 4.90 Å². The Balaban J connectivity index is 1.89. The van der Waals surface area contributed by atoms with Crippen LogP contribution in [0.25, 0.3) is 0 Å². The van der Waals surface area contributed by atoms with E-state index in [2.05, 4.69) is 12.1 Å². The number of nitrogens with zero attached hydrogens (tertiary/aromatic N) is 1. The van der Waals surface area contributed by atoms with Gasteiger partial charge in [-0.05, 0) is 38.2 Å². The molecule has 1 aliphatic rings. The van der Waals surface area contributed by atoms with Gasteiger partial charge in [-0.3, -0.25) is 9.59 Å². The van der Waals surface area contributed by atoms with Crippen molar-refractivity contribution in [2.24, 2.45) is 10.8 Å². The van der Waals surface area contributed by atoms with E-state index in [0.717, 1.165) is 19.3 Å². The van der Waals surface area contributed by atoms with Crippen LogP contribution in [-0.4, -0.2) is 35.0 Å². The molecular weight excluding hydrogens is 290 g/mol. The number of carboxylic acid groups (broad SMARTS) is 1. The largest absolute Gasteiger partial charge is 0.481 e. The molecule has 23 heavy (non-hydrogen) atoms. The highest BCUT2D eigenvalue weighted by molar-refractivity contribution is 5.84. The van der Waals surface area contributed by atoms with E-state index in [4.69, 9.17) is 0 Å². The molecule has 1 heterocycles. The third-order valence-corrected chi connectivity index (χ3v) is 4.97. The first kappa shape index (κ1) is 17.5. The first-order valence-corrected chi connectivity index (χ1v) is 8.31. The van der Waals surface area contributed by atoms with Crippen LogP contribution in [0.5, 0.6) is 0 Å².